The van der Waals surface area contributed by atoms with E-state index in [-0.39, 0.29) is 30.2 Å². The molecule has 2 heterocycles. The summed E-state index contributed by atoms with van der Waals surface area (Å²) in [6.07, 6.45) is 1.59. The van der Waals surface area contributed by atoms with E-state index in [2.05, 4.69) is 10.2 Å². The quantitative estimate of drug-likeness (QED) is 0.379. The second kappa shape index (κ2) is 9.90. The van der Waals surface area contributed by atoms with Crippen molar-refractivity contribution in [2.24, 2.45) is 0 Å². The molecule has 0 saturated carbocycles. The lowest BCUT2D eigenvalue weighted by molar-refractivity contribution is 0.0468. The number of H-pyrrole nitrogens is 1. The largest absolute Gasteiger partial charge is 0.453 e. The standard InChI is InChI=1S/C22H25N5O5/c1-3-8-15-11-16(25-24-15)21(30)32-13-17(28)18-19(23)27(12-14-9-6-5-7-10-14)22(31)26(4-2)20(18)29/h5-7,9-11H,3-4,8,12-13,23H2,1-2H3,(H,24,25). The number of benzene rings is 1. The SMILES string of the molecule is CCCc1cc(C(=O)OCC(=O)c2c(N)n(Cc3ccccc3)c(=O)n(CC)c2=O)n[nH]1. The van der Waals surface area contributed by atoms with Gasteiger partial charge in [-0.3, -0.25) is 23.8 Å². The van der Waals surface area contributed by atoms with Crippen molar-refractivity contribution < 1.29 is 14.3 Å². The fraction of sp³-hybridized carbons (Fsp3) is 0.318. The average Bonchev–Trinajstić information content (AvgIpc) is 3.25. The van der Waals surface area contributed by atoms with Crippen molar-refractivity contribution in [1.82, 2.24) is 19.3 Å². The first-order valence-electron chi connectivity index (χ1n) is 10.3. The van der Waals surface area contributed by atoms with Crippen molar-refractivity contribution >= 4 is 17.6 Å². The van der Waals surface area contributed by atoms with Crippen LogP contribution in [0.1, 0.15) is 52.4 Å². The lowest BCUT2D eigenvalue weighted by Gasteiger charge is -2.15. The van der Waals surface area contributed by atoms with E-state index in [9.17, 15) is 19.2 Å². The summed E-state index contributed by atoms with van der Waals surface area (Å²) in [7, 11) is 0. The van der Waals surface area contributed by atoms with Gasteiger partial charge < -0.3 is 10.5 Å². The zero-order valence-corrected chi connectivity index (χ0v) is 18.0. The van der Waals surface area contributed by atoms with Crippen LogP contribution in [0.5, 0.6) is 0 Å². The molecule has 0 spiro atoms. The molecule has 0 unspecified atom stereocenters. The lowest BCUT2D eigenvalue weighted by Crippen LogP contribution is -2.44. The van der Waals surface area contributed by atoms with Gasteiger partial charge in [0.25, 0.3) is 5.56 Å². The van der Waals surface area contributed by atoms with Crippen LogP contribution in [-0.2, 0) is 24.2 Å². The number of aromatic nitrogens is 4. The number of aromatic amines is 1. The summed E-state index contributed by atoms with van der Waals surface area (Å²) in [4.78, 5) is 50.6. The number of hydrogen-bond acceptors (Lipinski definition) is 7. The van der Waals surface area contributed by atoms with Gasteiger partial charge in [-0.15, -0.1) is 0 Å². The van der Waals surface area contributed by atoms with Crippen molar-refractivity contribution in [3.8, 4) is 0 Å². The van der Waals surface area contributed by atoms with Gasteiger partial charge in [0, 0.05) is 12.2 Å². The first kappa shape index (κ1) is 22.7. The molecule has 3 aromatic rings. The minimum absolute atomic E-state index is 0.0363. The third-order valence-electron chi connectivity index (χ3n) is 4.94. The summed E-state index contributed by atoms with van der Waals surface area (Å²) in [5.41, 5.74) is 5.85. The summed E-state index contributed by atoms with van der Waals surface area (Å²) < 4.78 is 7.14. The monoisotopic (exact) mass is 439 g/mol. The molecule has 0 aliphatic rings. The number of nitrogens with one attached hydrogen (secondary N) is 1. The van der Waals surface area contributed by atoms with Crippen molar-refractivity contribution in [3.63, 3.8) is 0 Å². The van der Waals surface area contributed by atoms with Crippen LogP contribution in [0, 0.1) is 0 Å². The number of nitrogens with two attached hydrogens (primary N) is 1. The second-order valence-corrected chi connectivity index (χ2v) is 7.19. The molecular weight excluding hydrogens is 414 g/mol. The molecule has 0 aliphatic heterocycles. The Labute approximate surface area is 183 Å². The first-order valence-corrected chi connectivity index (χ1v) is 10.3. The molecule has 0 saturated heterocycles. The Morgan fingerprint density at radius 2 is 1.84 bits per heavy atom. The van der Waals surface area contributed by atoms with Crippen LogP contribution in [0.3, 0.4) is 0 Å². The van der Waals surface area contributed by atoms with Crippen molar-refractivity contribution in [3.05, 3.63) is 79.8 Å². The van der Waals surface area contributed by atoms with Crippen LogP contribution in [0.25, 0.3) is 0 Å². The third-order valence-corrected chi connectivity index (χ3v) is 4.94. The molecule has 0 atom stereocenters. The van der Waals surface area contributed by atoms with E-state index in [1.807, 2.05) is 13.0 Å². The van der Waals surface area contributed by atoms with Crippen molar-refractivity contribution in [2.75, 3.05) is 12.3 Å². The Morgan fingerprint density at radius 1 is 1.12 bits per heavy atom. The Hall–Kier alpha value is -3.95. The molecule has 0 bridgehead atoms. The summed E-state index contributed by atoms with van der Waals surface area (Å²) in [5, 5.41) is 6.60. The normalized spacial score (nSPS) is 10.8. The highest BCUT2D eigenvalue weighted by atomic mass is 16.5. The number of hydrogen-bond donors (Lipinski definition) is 2. The molecule has 3 rings (SSSR count). The van der Waals surface area contributed by atoms with E-state index in [4.69, 9.17) is 10.5 Å². The molecular formula is C22H25N5O5. The Kier molecular flexibility index (Phi) is 7.04. The highest BCUT2D eigenvalue weighted by molar-refractivity contribution is 6.02. The lowest BCUT2D eigenvalue weighted by atomic mass is 10.2. The van der Waals surface area contributed by atoms with Crippen LogP contribution >= 0.6 is 0 Å². The molecule has 2 aromatic heterocycles. The third kappa shape index (κ3) is 4.69. The zero-order valence-electron chi connectivity index (χ0n) is 18.0. The molecule has 0 aliphatic carbocycles. The number of Topliss-reactive ketones (excluding diaryl/α,β-unsaturated/α-hetero) is 1. The molecule has 168 valence electrons. The minimum Gasteiger partial charge on any atom is -0.453 e. The van der Waals surface area contributed by atoms with Gasteiger partial charge in [0.05, 0.1) is 6.54 Å². The maximum atomic E-state index is 12.8. The molecule has 0 amide bonds. The molecule has 0 radical (unpaired) electrons. The topological polar surface area (TPSA) is 142 Å². The van der Waals surface area contributed by atoms with Crippen LogP contribution in [-0.4, -0.2) is 37.7 Å². The van der Waals surface area contributed by atoms with Gasteiger partial charge in [-0.25, -0.2) is 9.59 Å². The summed E-state index contributed by atoms with van der Waals surface area (Å²) in [6, 6.07) is 10.6. The minimum atomic E-state index is -0.814. The predicted molar refractivity (Wildman–Crippen MR) is 118 cm³/mol. The maximum absolute atomic E-state index is 12.8. The Morgan fingerprint density at radius 3 is 2.50 bits per heavy atom. The van der Waals surface area contributed by atoms with E-state index in [1.165, 1.54) is 4.57 Å². The molecule has 1 aromatic carbocycles. The smallest absolute Gasteiger partial charge is 0.359 e. The van der Waals surface area contributed by atoms with Crippen molar-refractivity contribution in [2.45, 2.75) is 39.8 Å². The molecule has 10 heteroatoms. The fourth-order valence-electron chi connectivity index (χ4n) is 3.32. The van der Waals surface area contributed by atoms with E-state index < -0.39 is 29.6 Å². The highest BCUT2D eigenvalue weighted by Gasteiger charge is 2.24. The van der Waals surface area contributed by atoms with Crippen LogP contribution in [0.4, 0.5) is 5.82 Å². The number of rotatable bonds is 9. The number of carbonyl (C=O) groups is 2. The number of ketones is 1. The van der Waals surface area contributed by atoms with Gasteiger partial charge in [-0.05, 0) is 25.0 Å². The maximum Gasteiger partial charge on any atom is 0.359 e. The van der Waals surface area contributed by atoms with Crippen LogP contribution in [0.2, 0.25) is 0 Å². The first-order chi connectivity index (χ1) is 15.4. The van der Waals surface area contributed by atoms with Gasteiger partial charge in [0.15, 0.2) is 12.3 Å². The summed E-state index contributed by atoms with van der Waals surface area (Å²) >= 11 is 0. The molecule has 0 fully saturated rings. The van der Waals surface area contributed by atoms with E-state index in [1.54, 1.807) is 37.3 Å². The van der Waals surface area contributed by atoms with Crippen LogP contribution < -0.4 is 17.0 Å². The number of esters is 1. The molecule has 10 nitrogen and oxygen atoms in total. The molecule has 32 heavy (non-hydrogen) atoms. The van der Waals surface area contributed by atoms with Gasteiger partial charge in [-0.2, -0.15) is 5.10 Å². The Bertz CT molecular complexity index is 1240. The van der Waals surface area contributed by atoms with Gasteiger partial charge >= 0.3 is 11.7 Å². The number of anilines is 1. The van der Waals surface area contributed by atoms with Crippen molar-refractivity contribution in [1.29, 1.82) is 0 Å². The van der Waals surface area contributed by atoms with E-state index >= 15 is 0 Å². The van der Waals surface area contributed by atoms with Gasteiger partial charge in [0.2, 0.25) is 5.78 Å². The second-order valence-electron chi connectivity index (χ2n) is 7.19. The number of nitrogens with zero attached hydrogens (tertiary/aromatic N) is 3. The average molecular weight is 439 g/mol. The fourth-order valence-corrected chi connectivity index (χ4v) is 3.32. The number of nitrogen functional groups attached to an aromatic ring is 1. The predicted octanol–water partition coefficient (Wildman–Crippen LogP) is 1.38. The summed E-state index contributed by atoms with van der Waals surface area (Å²) in [6.45, 7) is 3.04. The Balaban J connectivity index is 1.87. The zero-order chi connectivity index (χ0) is 23.3. The van der Waals surface area contributed by atoms with Crippen LogP contribution in [0.15, 0.2) is 46.0 Å². The molecule has 3 N–H and O–H groups in total. The van der Waals surface area contributed by atoms with E-state index in [0.29, 0.717) is 0 Å². The number of aryl methyl sites for hydroxylation is 1. The number of ether oxygens (including phenoxy) is 1. The number of carbonyl (C=O) groups excluding carboxylic acids is 2. The van der Waals surface area contributed by atoms with Gasteiger partial charge in [-0.1, -0.05) is 43.7 Å². The van der Waals surface area contributed by atoms with Gasteiger partial charge in [0.1, 0.15) is 11.4 Å². The van der Waals surface area contributed by atoms with E-state index in [0.717, 1.165) is 28.7 Å². The highest BCUT2D eigenvalue weighted by Crippen LogP contribution is 2.11. The summed E-state index contributed by atoms with van der Waals surface area (Å²) in [5.74, 6) is -1.86.